The number of benzene rings is 2. The Hall–Kier alpha value is -3.25. The van der Waals surface area contributed by atoms with Crippen molar-refractivity contribution in [1.29, 1.82) is 0 Å². The fourth-order valence-electron chi connectivity index (χ4n) is 2.93. The van der Waals surface area contributed by atoms with E-state index in [4.69, 9.17) is 0 Å². The second kappa shape index (κ2) is 9.05. The third-order valence-corrected chi connectivity index (χ3v) is 5.68. The molecule has 1 amide bonds. The highest BCUT2D eigenvalue weighted by Gasteiger charge is 2.18. The molecule has 0 saturated heterocycles. The number of hydrogen-bond acceptors (Lipinski definition) is 5. The maximum absolute atomic E-state index is 12.4. The van der Waals surface area contributed by atoms with E-state index >= 15 is 0 Å². The van der Waals surface area contributed by atoms with Crippen molar-refractivity contribution in [2.45, 2.75) is 20.8 Å². The number of anilines is 3. The van der Waals surface area contributed by atoms with Gasteiger partial charge in [0.15, 0.2) is 10.9 Å². The minimum absolute atomic E-state index is 0.0903. The van der Waals surface area contributed by atoms with Crippen LogP contribution in [0.15, 0.2) is 53.9 Å². The number of aryl methyl sites for hydroxylation is 2. The van der Waals surface area contributed by atoms with Crippen molar-refractivity contribution in [1.82, 2.24) is 4.98 Å². The summed E-state index contributed by atoms with van der Waals surface area (Å²) in [5.41, 5.74) is 5.36. The van der Waals surface area contributed by atoms with Gasteiger partial charge in [-0.1, -0.05) is 6.07 Å². The Bertz CT molecular complexity index is 1100. The second-order valence-electron chi connectivity index (χ2n) is 7.32. The Labute approximate surface area is 181 Å². The molecule has 0 aliphatic rings. The molecule has 0 aliphatic heterocycles. The first-order valence-corrected chi connectivity index (χ1v) is 10.5. The fraction of sp³-hybridized carbons (Fsp3) is 0.208. The van der Waals surface area contributed by atoms with Crippen molar-refractivity contribution in [3.8, 4) is 0 Å². The van der Waals surface area contributed by atoms with Crippen LogP contribution in [0.3, 0.4) is 0 Å². The van der Waals surface area contributed by atoms with Gasteiger partial charge in [0.1, 0.15) is 0 Å². The van der Waals surface area contributed by atoms with Crippen LogP contribution < -0.4 is 9.80 Å². The SMILES string of the molecule is CC(=O)N(c1ccc(C)c(C)c1)c1nc(/C=C/C(=O)c2ccc(N(C)C)cc2)cs1. The predicted molar refractivity (Wildman–Crippen MR) is 125 cm³/mol. The van der Waals surface area contributed by atoms with Crippen LogP contribution >= 0.6 is 11.3 Å². The molecule has 5 nitrogen and oxygen atoms in total. The van der Waals surface area contributed by atoms with Crippen molar-refractivity contribution in [2.24, 2.45) is 0 Å². The summed E-state index contributed by atoms with van der Waals surface area (Å²) in [7, 11) is 3.91. The first-order valence-electron chi connectivity index (χ1n) is 9.59. The van der Waals surface area contributed by atoms with Gasteiger partial charge in [-0.15, -0.1) is 11.3 Å². The fourth-order valence-corrected chi connectivity index (χ4v) is 3.78. The second-order valence-corrected chi connectivity index (χ2v) is 8.15. The highest BCUT2D eigenvalue weighted by atomic mass is 32.1. The summed E-state index contributed by atoms with van der Waals surface area (Å²) in [6.07, 6.45) is 3.19. The van der Waals surface area contributed by atoms with Crippen molar-refractivity contribution >= 4 is 45.6 Å². The monoisotopic (exact) mass is 419 g/mol. The van der Waals surface area contributed by atoms with Crippen molar-refractivity contribution in [3.05, 3.63) is 76.3 Å². The third-order valence-electron chi connectivity index (χ3n) is 4.84. The lowest BCUT2D eigenvalue weighted by Crippen LogP contribution is -2.22. The average Bonchev–Trinajstić information content (AvgIpc) is 3.17. The minimum atomic E-state index is -0.111. The summed E-state index contributed by atoms with van der Waals surface area (Å²) >= 11 is 1.37. The number of hydrogen-bond donors (Lipinski definition) is 0. The van der Waals surface area contributed by atoms with E-state index in [9.17, 15) is 9.59 Å². The average molecular weight is 420 g/mol. The molecule has 0 fully saturated rings. The van der Waals surface area contributed by atoms with Crippen LogP contribution in [0.2, 0.25) is 0 Å². The molecule has 3 aromatic rings. The van der Waals surface area contributed by atoms with E-state index in [2.05, 4.69) is 4.98 Å². The maximum Gasteiger partial charge on any atom is 0.230 e. The van der Waals surface area contributed by atoms with Gasteiger partial charge in [-0.25, -0.2) is 4.98 Å². The van der Waals surface area contributed by atoms with Crippen LogP contribution in [0.5, 0.6) is 0 Å². The normalized spacial score (nSPS) is 11.0. The third kappa shape index (κ3) is 4.83. The van der Waals surface area contributed by atoms with Gasteiger partial charge in [-0.2, -0.15) is 0 Å². The molecule has 1 aromatic heterocycles. The molecule has 0 N–H and O–H groups in total. The molecule has 0 unspecified atom stereocenters. The lowest BCUT2D eigenvalue weighted by molar-refractivity contribution is -0.115. The summed E-state index contributed by atoms with van der Waals surface area (Å²) in [4.78, 5) is 32.9. The van der Waals surface area contributed by atoms with E-state index < -0.39 is 0 Å². The molecule has 0 atom stereocenters. The largest absolute Gasteiger partial charge is 0.378 e. The first kappa shape index (κ1) is 21.5. The number of thiazole rings is 1. The number of carbonyl (C=O) groups is 2. The maximum atomic E-state index is 12.4. The van der Waals surface area contributed by atoms with Gasteiger partial charge in [-0.05, 0) is 73.5 Å². The first-order chi connectivity index (χ1) is 14.3. The van der Waals surface area contributed by atoms with Gasteiger partial charge in [0, 0.05) is 37.6 Å². The molecular weight excluding hydrogens is 394 g/mol. The van der Waals surface area contributed by atoms with E-state index in [-0.39, 0.29) is 11.7 Å². The molecule has 30 heavy (non-hydrogen) atoms. The Kier molecular flexibility index (Phi) is 6.47. The molecule has 1 heterocycles. The van der Waals surface area contributed by atoms with Gasteiger partial charge in [-0.3, -0.25) is 14.5 Å². The summed E-state index contributed by atoms with van der Waals surface area (Å²) in [5, 5.41) is 2.42. The van der Waals surface area contributed by atoms with E-state index in [0.717, 1.165) is 16.9 Å². The summed E-state index contributed by atoms with van der Waals surface area (Å²) < 4.78 is 0. The van der Waals surface area contributed by atoms with Crippen LogP contribution in [0.1, 0.15) is 34.1 Å². The van der Waals surface area contributed by atoms with Crippen molar-refractivity contribution in [3.63, 3.8) is 0 Å². The molecule has 2 aromatic carbocycles. The lowest BCUT2D eigenvalue weighted by atomic mass is 10.1. The van der Waals surface area contributed by atoms with Crippen LogP contribution in [-0.2, 0) is 4.79 Å². The van der Waals surface area contributed by atoms with E-state index in [1.807, 2.05) is 80.7 Å². The van der Waals surface area contributed by atoms with Crippen molar-refractivity contribution < 1.29 is 9.59 Å². The van der Waals surface area contributed by atoms with Crippen LogP contribution in [0.4, 0.5) is 16.5 Å². The zero-order valence-electron chi connectivity index (χ0n) is 17.8. The molecule has 0 saturated carbocycles. The number of nitrogens with zero attached hydrogens (tertiary/aromatic N) is 3. The summed E-state index contributed by atoms with van der Waals surface area (Å²) in [5.74, 6) is -0.201. The van der Waals surface area contributed by atoms with Crippen LogP contribution in [-0.4, -0.2) is 30.8 Å². The quantitative estimate of drug-likeness (QED) is 0.396. The molecule has 154 valence electrons. The highest BCUT2D eigenvalue weighted by molar-refractivity contribution is 7.14. The number of ketones is 1. The minimum Gasteiger partial charge on any atom is -0.378 e. The van der Waals surface area contributed by atoms with Gasteiger partial charge in [0.25, 0.3) is 0 Å². The Morgan fingerprint density at radius 2 is 1.63 bits per heavy atom. The van der Waals surface area contributed by atoms with Gasteiger partial charge in [0.05, 0.1) is 11.4 Å². The predicted octanol–water partition coefficient (Wildman–Crippen LogP) is 5.41. The van der Waals surface area contributed by atoms with Crippen molar-refractivity contribution in [2.75, 3.05) is 23.9 Å². The van der Waals surface area contributed by atoms with E-state index in [1.165, 1.54) is 29.9 Å². The number of amides is 1. The van der Waals surface area contributed by atoms with Gasteiger partial charge < -0.3 is 4.90 Å². The Morgan fingerprint density at radius 3 is 2.23 bits per heavy atom. The standard InChI is InChI=1S/C24H25N3O2S/c1-16-6-10-22(14-17(16)2)27(18(3)28)24-25-20(15-30-24)9-13-23(29)19-7-11-21(12-8-19)26(4)5/h6-15H,1-5H3/b13-9+. The molecule has 3 rings (SSSR count). The van der Waals surface area contributed by atoms with Crippen LogP contribution in [0, 0.1) is 13.8 Å². The molecule has 0 aliphatic carbocycles. The lowest BCUT2D eigenvalue weighted by Gasteiger charge is -2.19. The summed E-state index contributed by atoms with van der Waals surface area (Å²) in [6, 6.07) is 13.3. The molecular formula is C24H25N3O2S. The number of allylic oxidation sites excluding steroid dienone is 1. The smallest absolute Gasteiger partial charge is 0.230 e. The summed E-state index contributed by atoms with van der Waals surface area (Å²) in [6.45, 7) is 5.57. The highest BCUT2D eigenvalue weighted by Crippen LogP contribution is 2.30. The molecule has 0 spiro atoms. The molecule has 6 heteroatoms. The number of carbonyl (C=O) groups excluding carboxylic acids is 2. The Balaban J connectivity index is 1.79. The zero-order valence-corrected chi connectivity index (χ0v) is 18.7. The molecule has 0 radical (unpaired) electrons. The van der Waals surface area contributed by atoms with E-state index in [0.29, 0.717) is 16.4 Å². The van der Waals surface area contributed by atoms with Gasteiger partial charge >= 0.3 is 0 Å². The topological polar surface area (TPSA) is 53.5 Å². The number of aromatic nitrogens is 1. The Morgan fingerprint density at radius 1 is 0.967 bits per heavy atom. The zero-order chi connectivity index (χ0) is 21.8. The van der Waals surface area contributed by atoms with Crippen LogP contribution in [0.25, 0.3) is 6.08 Å². The molecule has 0 bridgehead atoms. The van der Waals surface area contributed by atoms with Gasteiger partial charge in [0.2, 0.25) is 5.91 Å². The van der Waals surface area contributed by atoms with E-state index in [1.54, 1.807) is 11.0 Å². The number of rotatable bonds is 6.